The van der Waals surface area contributed by atoms with Gasteiger partial charge in [0, 0.05) is 19.3 Å². The van der Waals surface area contributed by atoms with Crippen molar-refractivity contribution in [2.45, 2.75) is 16.4 Å². The third-order valence-corrected chi connectivity index (χ3v) is 4.12. The molecule has 0 heterocycles. The van der Waals surface area contributed by atoms with Crippen LogP contribution in [0.15, 0.2) is 56.7 Å². The lowest BCUT2D eigenvalue weighted by atomic mass is 10.2. The molecule has 0 amide bonds. The first kappa shape index (κ1) is 13.0. The molecule has 4 heteroatoms. The van der Waals surface area contributed by atoms with E-state index in [0.717, 1.165) is 19.8 Å². The van der Waals surface area contributed by atoms with E-state index >= 15 is 0 Å². The summed E-state index contributed by atoms with van der Waals surface area (Å²) in [6.07, 6.45) is 0. The predicted octanol–water partition coefficient (Wildman–Crippen LogP) is 4.75. The third kappa shape index (κ3) is 3.49. The van der Waals surface area contributed by atoms with Crippen LogP contribution in [0.2, 0.25) is 5.02 Å². The van der Waals surface area contributed by atoms with Gasteiger partial charge in [0.15, 0.2) is 0 Å². The Morgan fingerprint density at radius 1 is 1.12 bits per heavy atom. The summed E-state index contributed by atoms with van der Waals surface area (Å²) < 4.78 is 1.06. The first-order chi connectivity index (χ1) is 8.19. The number of aliphatic hydroxyl groups is 1. The van der Waals surface area contributed by atoms with Crippen molar-refractivity contribution in [1.29, 1.82) is 0 Å². The van der Waals surface area contributed by atoms with Gasteiger partial charge in [0.25, 0.3) is 0 Å². The van der Waals surface area contributed by atoms with Crippen molar-refractivity contribution in [2.75, 3.05) is 0 Å². The number of halogens is 2. The van der Waals surface area contributed by atoms with Crippen LogP contribution >= 0.6 is 39.3 Å². The maximum absolute atomic E-state index is 9.29. The molecule has 17 heavy (non-hydrogen) atoms. The maximum atomic E-state index is 9.29. The smallest absolute Gasteiger partial charge is 0.0693 e. The van der Waals surface area contributed by atoms with Gasteiger partial charge in [0.2, 0.25) is 0 Å². The van der Waals surface area contributed by atoms with E-state index < -0.39 is 0 Å². The van der Waals surface area contributed by atoms with Gasteiger partial charge < -0.3 is 5.11 Å². The predicted molar refractivity (Wildman–Crippen MR) is 75.6 cm³/mol. The highest BCUT2D eigenvalue weighted by atomic mass is 79.9. The fourth-order valence-electron chi connectivity index (χ4n) is 1.40. The lowest BCUT2D eigenvalue weighted by Gasteiger charge is -2.07. The molecule has 0 unspecified atom stereocenters. The van der Waals surface area contributed by atoms with Gasteiger partial charge in [0.05, 0.1) is 6.61 Å². The van der Waals surface area contributed by atoms with Gasteiger partial charge in [-0.05, 0) is 48.0 Å². The molecule has 0 aliphatic rings. The summed E-state index contributed by atoms with van der Waals surface area (Å²) in [5.74, 6) is 0. The largest absolute Gasteiger partial charge is 0.392 e. The van der Waals surface area contributed by atoms with E-state index in [4.69, 9.17) is 11.6 Å². The van der Waals surface area contributed by atoms with Crippen LogP contribution in [0.25, 0.3) is 0 Å². The van der Waals surface area contributed by atoms with Crippen molar-refractivity contribution in [2.24, 2.45) is 0 Å². The van der Waals surface area contributed by atoms with Gasteiger partial charge in [0.1, 0.15) is 0 Å². The van der Waals surface area contributed by atoms with Crippen LogP contribution in [-0.2, 0) is 6.61 Å². The summed E-state index contributed by atoms with van der Waals surface area (Å²) in [7, 11) is 0. The minimum absolute atomic E-state index is 0.000574. The number of rotatable bonds is 3. The zero-order valence-electron chi connectivity index (χ0n) is 8.86. The highest BCUT2D eigenvalue weighted by Gasteiger charge is 2.04. The Balaban J connectivity index is 2.26. The molecular formula is C13H10BrClOS. The summed E-state index contributed by atoms with van der Waals surface area (Å²) in [5, 5.41) is 9.93. The molecule has 2 aromatic carbocycles. The summed E-state index contributed by atoms with van der Waals surface area (Å²) in [4.78, 5) is 2.16. The van der Waals surface area contributed by atoms with Crippen LogP contribution in [0.4, 0.5) is 0 Å². The molecule has 0 aliphatic carbocycles. The van der Waals surface area contributed by atoms with Gasteiger partial charge >= 0.3 is 0 Å². The van der Waals surface area contributed by atoms with Gasteiger partial charge in [-0.3, -0.25) is 0 Å². The summed E-state index contributed by atoms with van der Waals surface area (Å²) in [5.41, 5.74) is 0.852. The Kier molecular flexibility index (Phi) is 4.51. The fraction of sp³-hybridized carbons (Fsp3) is 0.0769. The van der Waals surface area contributed by atoms with Crippen LogP contribution in [0, 0.1) is 0 Å². The molecule has 0 bridgehead atoms. The number of hydrogen-bond donors (Lipinski definition) is 1. The highest BCUT2D eigenvalue weighted by Crippen LogP contribution is 2.32. The van der Waals surface area contributed by atoms with Crippen LogP contribution in [-0.4, -0.2) is 5.11 Å². The molecule has 1 N–H and O–H groups in total. The highest BCUT2D eigenvalue weighted by molar-refractivity contribution is 9.10. The average molecular weight is 330 g/mol. The fourth-order valence-corrected chi connectivity index (χ4v) is 2.78. The molecule has 0 saturated heterocycles. The molecular weight excluding hydrogens is 320 g/mol. The Hall–Kier alpha value is -0.480. The maximum Gasteiger partial charge on any atom is 0.0693 e. The quantitative estimate of drug-likeness (QED) is 0.877. The van der Waals surface area contributed by atoms with Crippen molar-refractivity contribution < 1.29 is 5.11 Å². The topological polar surface area (TPSA) is 20.2 Å². The Morgan fingerprint density at radius 2 is 1.82 bits per heavy atom. The second kappa shape index (κ2) is 5.91. The summed E-state index contributed by atoms with van der Waals surface area (Å²) >= 11 is 10.9. The molecule has 1 nitrogen and oxygen atoms in total. The minimum atomic E-state index is -0.000574. The summed E-state index contributed by atoms with van der Waals surface area (Å²) in [6.45, 7) is -0.000574. The normalized spacial score (nSPS) is 10.5. The summed E-state index contributed by atoms with van der Waals surface area (Å²) in [6, 6.07) is 13.6. The molecule has 0 saturated carbocycles. The number of aliphatic hydroxyl groups excluding tert-OH is 1. The van der Waals surface area contributed by atoms with Crippen LogP contribution < -0.4 is 0 Å². The van der Waals surface area contributed by atoms with Crippen LogP contribution in [0.3, 0.4) is 0 Å². The molecule has 0 aliphatic heterocycles. The Morgan fingerprint density at radius 3 is 2.47 bits per heavy atom. The van der Waals surface area contributed by atoms with E-state index in [1.807, 2.05) is 36.4 Å². The molecule has 0 fully saturated rings. The van der Waals surface area contributed by atoms with Crippen molar-refractivity contribution in [3.05, 3.63) is 57.5 Å². The molecule has 0 radical (unpaired) electrons. The van der Waals surface area contributed by atoms with Crippen molar-refractivity contribution in [3.63, 3.8) is 0 Å². The number of benzene rings is 2. The van der Waals surface area contributed by atoms with Gasteiger partial charge in [-0.2, -0.15) is 0 Å². The second-order valence-corrected chi connectivity index (χ2v) is 5.93. The second-order valence-electron chi connectivity index (χ2n) is 3.47. The van der Waals surface area contributed by atoms with Crippen LogP contribution in [0.5, 0.6) is 0 Å². The van der Waals surface area contributed by atoms with E-state index in [9.17, 15) is 5.11 Å². The third-order valence-electron chi connectivity index (χ3n) is 2.23. The van der Waals surface area contributed by atoms with E-state index in [1.165, 1.54) is 0 Å². The van der Waals surface area contributed by atoms with Crippen LogP contribution in [0.1, 0.15) is 5.56 Å². The van der Waals surface area contributed by atoms with E-state index in [2.05, 4.69) is 15.9 Å². The van der Waals surface area contributed by atoms with Gasteiger partial charge in [-0.25, -0.2) is 0 Å². The molecule has 0 spiro atoms. The first-order valence-corrected chi connectivity index (χ1v) is 7.00. The standard InChI is InChI=1S/C13H10BrClOS/c14-10-1-4-12(5-2-10)17-13-6-3-11(15)7-9(13)8-16/h1-7,16H,8H2. The van der Waals surface area contributed by atoms with Crippen molar-refractivity contribution in [1.82, 2.24) is 0 Å². The Bertz CT molecular complexity index is 513. The van der Waals surface area contributed by atoms with E-state index in [1.54, 1.807) is 17.8 Å². The first-order valence-electron chi connectivity index (χ1n) is 5.02. The average Bonchev–Trinajstić information content (AvgIpc) is 2.34. The monoisotopic (exact) mass is 328 g/mol. The van der Waals surface area contributed by atoms with Gasteiger partial charge in [-0.1, -0.05) is 39.3 Å². The minimum Gasteiger partial charge on any atom is -0.392 e. The molecule has 0 atom stereocenters. The Labute approximate surface area is 118 Å². The molecule has 0 aromatic heterocycles. The number of hydrogen-bond acceptors (Lipinski definition) is 2. The SMILES string of the molecule is OCc1cc(Cl)ccc1Sc1ccc(Br)cc1. The van der Waals surface area contributed by atoms with E-state index in [0.29, 0.717) is 5.02 Å². The molecule has 2 rings (SSSR count). The lowest BCUT2D eigenvalue weighted by Crippen LogP contribution is -1.87. The molecule has 2 aromatic rings. The van der Waals surface area contributed by atoms with Crippen molar-refractivity contribution in [3.8, 4) is 0 Å². The molecule has 88 valence electrons. The van der Waals surface area contributed by atoms with Crippen molar-refractivity contribution >= 4 is 39.3 Å². The van der Waals surface area contributed by atoms with E-state index in [-0.39, 0.29) is 6.61 Å². The zero-order valence-corrected chi connectivity index (χ0v) is 12.0. The lowest BCUT2D eigenvalue weighted by molar-refractivity contribution is 0.279. The van der Waals surface area contributed by atoms with Gasteiger partial charge in [-0.15, -0.1) is 0 Å². The zero-order chi connectivity index (χ0) is 12.3.